The van der Waals surface area contributed by atoms with E-state index in [0.717, 1.165) is 18.6 Å². The summed E-state index contributed by atoms with van der Waals surface area (Å²) < 4.78 is 42.9. The Balaban J connectivity index is 2.93. The standard InChI is InChI=1S/C14H18F3N3O/c1-21-9-12(3-2-6-18)20-13-5-4-11(14(15,16)17)7-10(13)8-19/h4-5,7,12,20H,2-3,6,9,18H2,1H3. The van der Waals surface area contributed by atoms with E-state index in [1.54, 1.807) is 6.07 Å². The van der Waals surface area contributed by atoms with Crippen molar-refractivity contribution in [3.05, 3.63) is 29.3 Å². The molecular weight excluding hydrogens is 283 g/mol. The van der Waals surface area contributed by atoms with Crippen molar-refractivity contribution < 1.29 is 17.9 Å². The molecule has 1 atom stereocenters. The second-order valence-corrected chi connectivity index (χ2v) is 4.60. The lowest BCUT2D eigenvalue weighted by Gasteiger charge is -2.20. The highest BCUT2D eigenvalue weighted by atomic mass is 19.4. The largest absolute Gasteiger partial charge is 0.416 e. The molecule has 1 unspecified atom stereocenters. The van der Waals surface area contributed by atoms with Gasteiger partial charge in [-0.1, -0.05) is 0 Å². The summed E-state index contributed by atoms with van der Waals surface area (Å²) in [6, 6.07) is 4.74. The van der Waals surface area contributed by atoms with Crippen LogP contribution >= 0.6 is 0 Å². The van der Waals surface area contributed by atoms with Gasteiger partial charge in [0.2, 0.25) is 0 Å². The van der Waals surface area contributed by atoms with Gasteiger partial charge in [0.25, 0.3) is 0 Å². The van der Waals surface area contributed by atoms with E-state index in [4.69, 9.17) is 15.7 Å². The minimum absolute atomic E-state index is 0.0429. The molecule has 0 fully saturated rings. The van der Waals surface area contributed by atoms with Crippen molar-refractivity contribution >= 4 is 5.69 Å². The molecule has 0 aliphatic heterocycles. The first kappa shape index (κ1) is 17.3. The van der Waals surface area contributed by atoms with Crippen molar-refractivity contribution in [2.45, 2.75) is 25.1 Å². The van der Waals surface area contributed by atoms with Gasteiger partial charge in [-0.15, -0.1) is 0 Å². The summed E-state index contributed by atoms with van der Waals surface area (Å²) >= 11 is 0. The molecule has 4 nitrogen and oxygen atoms in total. The number of hydrogen-bond donors (Lipinski definition) is 2. The van der Waals surface area contributed by atoms with Gasteiger partial charge in [-0.2, -0.15) is 18.4 Å². The fraction of sp³-hybridized carbons (Fsp3) is 0.500. The van der Waals surface area contributed by atoms with Gasteiger partial charge in [0.15, 0.2) is 0 Å². The molecule has 0 aromatic heterocycles. The van der Waals surface area contributed by atoms with Crippen LogP contribution in [0.2, 0.25) is 0 Å². The van der Waals surface area contributed by atoms with E-state index in [1.807, 2.05) is 0 Å². The van der Waals surface area contributed by atoms with Gasteiger partial charge in [0.05, 0.1) is 23.4 Å². The fourth-order valence-electron chi connectivity index (χ4n) is 1.92. The molecule has 0 amide bonds. The van der Waals surface area contributed by atoms with Crippen LogP contribution in [0.4, 0.5) is 18.9 Å². The molecule has 0 radical (unpaired) electrons. The quantitative estimate of drug-likeness (QED) is 0.812. The number of nitriles is 1. The number of nitrogens with one attached hydrogen (secondary N) is 1. The van der Waals surface area contributed by atoms with E-state index < -0.39 is 11.7 Å². The van der Waals surface area contributed by atoms with Crippen LogP contribution in [-0.4, -0.2) is 26.3 Å². The van der Waals surface area contributed by atoms with Crippen molar-refractivity contribution in [3.63, 3.8) is 0 Å². The third kappa shape index (κ3) is 5.25. The van der Waals surface area contributed by atoms with Crippen LogP contribution in [0.1, 0.15) is 24.0 Å². The van der Waals surface area contributed by atoms with Crippen molar-refractivity contribution in [1.29, 1.82) is 5.26 Å². The molecule has 0 aliphatic carbocycles. The van der Waals surface area contributed by atoms with Gasteiger partial charge in [-0.25, -0.2) is 0 Å². The zero-order valence-electron chi connectivity index (χ0n) is 11.7. The molecule has 0 spiro atoms. The zero-order chi connectivity index (χ0) is 15.9. The maximum absolute atomic E-state index is 12.6. The molecule has 3 N–H and O–H groups in total. The molecule has 0 bridgehead atoms. The summed E-state index contributed by atoms with van der Waals surface area (Å²) in [6.45, 7) is 0.895. The normalized spacial score (nSPS) is 12.8. The lowest BCUT2D eigenvalue weighted by molar-refractivity contribution is -0.137. The first-order valence-electron chi connectivity index (χ1n) is 6.49. The first-order chi connectivity index (χ1) is 9.92. The monoisotopic (exact) mass is 301 g/mol. The van der Waals surface area contributed by atoms with Crippen LogP contribution in [0.25, 0.3) is 0 Å². The minimum Gasteiger partial charge on any atom is -0.383 e. The third-order valence-corrected chi connectivity index (χ3v) is 2.95. The second kappa shape index (κ2) is 7.86. The highest BCUT2D eigenvalue weighted by molar-refractivity contribution is 5.59. The summed E-state index contributed by atoms with van der Waals surface area (Å²) in [7, 11) is 1.54. The maximum atomic E-state index is 12.6. The molecule has 1 aromatic rings. The highest BCUT2D eigenvalue weighted by Gasteiger charge is 2.31. The Hall–Kier alpha value is -1.78. The summed E-state index contributed by atoms with van der Waals surface area (Å²) in [5.41, 5.74) is 4.93. The summed E-state index contributed by atoms with van der Waals surface area (Å²) in [4.78, 5) is 0. The molecule has 7 heteroatoms. The number of rotatable bonds is 7. The average Bonchev–Trinajstić information content (AvgIpc) is 2.44. The van der Waals surface area contributed by atoms with Crippen molar-refractivity contribution in [2.24, 2.45) is 5.73 Å². The van der Waals surface area contributed by atoms with E-state index in [1.165, 1.54) is 13.2 Å². The van der Waals surface area contributed by atoms with Gasteiger partial charge in [-0.3, -0.25) is 0 Å². The number of halogens is 3. The molecule has 0 heterocycles. The number of ether oxygens (including phenoxy) is 1. The molecule has 116 valence electrons. The fourth-order valence-corrected chi connectivity index (χ4v) is 1.92. The molecular formula is C14H18F3N3O. The Morgan fingerprint density at radius 3 is 2.67 bits per heavy atom. The van der Waals surface area contributed by atoms with E-state index >= 15 is 0 Å². The summed E-state index contributed by atoms with van der Waals surface area (Å²) in [6.07, 6.45) is -3.00. The summed E-state index contributed by atoms with van der Waals surface area (Å²) in [5.74, 6) is 0. The smallest absolute Gasteiger partial charge is 0.383 e. The van der Waals surface area contributed by atoms with Crippen LogP contribution in [-0.2, 0) is 10.9 Å². The van der Waals surface area contributed by atoms with Crippen molar-refractivity contribution in [1.82, 2.24) is 0 Å². The highest BCUT2D eigenvalue weighted by Crippen LogP contribution is 2.31. The number of benzene rings is 1. The predicted octanol–water partition coefficient (Wildman–Crippen LogP) is 2.74. The lowest BCUT2D eigenvalue weighted by Crippen LogP contribution is -2.26. The SMILES string of the molecule is COCC(CCCN)Nc1ccc(C(F)(F)F)cc1C#N. The van der Waals surface area contributed by atoms with Gasteiger partial charge >= 0.3 is 6.18 Å². The molecule has 0 aliphatic rings. The molecule has 21 heavy (non-hydrogen) atoms. The van der Waals surface area contributed by atoms with E-state index in [-0.39, 0.29) is 11.6 Å². The van der Waals surface area contributed by atoms with Gasteiger partial charge in [0, 0.05) is 13.2 Å². The van der Waals surface area contributed by atoms with Crippen molar-refractivity contribution in [2.75, 3.05) is 25.6 Å². The van der Waals surface area contributed by atoms with Crippen LogP contribution < -0.4 is 11.1 Å². The number of nitrogens with zero attached hydrogens (tertiary/aromatic N) is 1. The Bertz CT molecular complexity index is 497. The first-order valence-corrected chi connectivity index (χ1v) is 6.49. The Labute approximate surface area is 121 Å². The molecule has 1 aromatic carbocycles. The topological polar surface area (TPSA) is 71.1 Å². The van der Waals surface area contributed by atoms with E-state index in [2.05, 4.69) is 5.32 Å². The van der Waals surface area contributed by atoms with Crippen LogP contribution in [0.15, 0.2) is 18.2 Å². The molecule has 0 saturated heterocycles. The zero-order valence-corrected chi connectivity index (χ0v) is 11.7. The number of anilines is 1. The number of methoxy groups -OCH3 is 1. The lowest BCUT2D eigenvalue weighted by atomic mass is 10.1. The van der Waals surface area contributed by atoms with Gasteiger partial charge < -0.3 is 15.8 Å². The Morgan fingerprint density at radius 1 is 1.43 bits per heavy atom. The van der Waals surface area contributed by atoms with Crippen LogP contribution in [0, 0.1) is 11.3 Å². The van der Waals surface area contributed by atoms with Crippen LogP contribution in [0.3, 0.4) is 0 Å². The second-order valence-electron chi connectivity index (χ2n) is 4.60. The minimum atomic E-state index is -4.46. The Morgan fingerprint density at radius 2 is 2.14 bits per heavy atom. The Kier molecular flexibility index (Phi) is 6.46. The van der Waals surface area contributed by atoms with Gasteiger partial charge in [-0.05, 0) is 37.6 Å². The van der Waals surface area contributed by atoms with E-state index in [9.17, 15) is 13.2 Å². The summed E-state index contributed by atoms with van der Waals surface area (Å²) in [5, 5.41) is 12.1. The maximum Gasteiger partial charge on any atom is 0.416 e. The third-order valence-electron chi connectivity index (χ3n) is 2.95. The number of alkyl halides is 3. The number of hydrogen-bond acceptors (Lipinski definition) is 4. The van der Waals surface area contributed by atoms with Gasteiger partial charge in [0.1, 0.15) is 6.07 Å². The average molecular weight is 301 g/mol. The molecule has 1 rings (SSSR count). The predicted molar refractivity (Wildman–Crippen MR) is 73.7 cm³/mol. The van der Waals surface area contributed by atoms with Crippen molar-refractivity contribution in [3.8, 4) is 6.07 Å². The van der Waals surface area contributed by atoms with Crippen LogP contribution in [0.5, 0.6) is 0 Å². The molecule has 0 saturated carbocycles. The number of nitrogens with two attached hydrogens (primary N) is 1. The van der Waals surface area contributed by atoms with E-state index in [0.29, 0.717) is 25.3 Å².